The largest absolute Gasteiger partial charge is 0.453 e. The molecule has 262 valence electrons. The number of amides is 2. The van der Waals surface area contributed by atoms with E-state index in [1.165, 1.54) is 7.11 Å². The zero-order valence-corrected chi connectivity index (χ0v) is 30.3. The van der Waals surface area contributed by atoms with Crippen LogP contribution < -0.4 is 15.5 Å². The fourth-order valence-corrected chi connectivity index (χ4v) is 6.96. The Morgan fingerprint density at radius 1 is 1.02 bits per heavy atom. The lowest BCUT2D eigenvalue weighted by atomic mass is 9.95. The van der Waals surface area contributed by atoms with Crippen molar-refractivity contribution in [3.63, 3.8) is 0 Å². The normalized spacial score (nSPS) is 14.4. The number of carbonyl (C=O) groups excluding carboxylic acids is 2. The minimum absolute atomic E-state index is 0.00248. The van der Waals surface area contributed by atoms with Gasteiger partial charge in [0.2, 0.25) is 0 Å². The van der Waals surface area contributed by atoms with E-state index in [4.69, 9.17) is 27.9 Å². The maximum Gasteiger partial charge on any atom is 0.407 e. The number of anilines is 2. The summed E-state index contributed by atoms with van der Waals surface area (Å²) in [7, 11) is 1.36. The Hall–Kier alpha value is -5.25. The van der Waals surface area contributed by atoms with Gasteiger partial charge in [-0.2, -0.15) is 0 Å². The van der Waals surface area contributed by atoms with E-state index in [-0.39, 0.29) is 18.0 Å². The SMILES string of the molecule is C=CN(/C(=C(\C)c1ccccc1)c1c(C(=O)Nc2cccnc2N2CCC(NC(=O)OC)CC2)[nH]c2cc(Cl)ccc12)C(C)c1ccc(Cl)cc1. The highest BCUT2D eigenvalue weighted by molar-refractivity contribution is 6.31. The van der Waals surface area contributed by atoms with Crippen LogP contribution >= 0.6 is 23.2 Å². The number of methoxy groups -OCH3 is 1. The van der Waals surface area contributed by atoms with Crippen molar-refractivity contribution in [3.8, 4) is 0 Å². The number of alkyl carbamates (subject to hydrolysis) is 1. The molecule has 0 saturated carbocycles. The van der Waals surface area contributed by atoms with E-state index in [9.17, 15) is 9.59 Å². The van der Waals surface area contributed by atoms with Crippen molar-refractivity contribution in [3.05, 3.63) is 136 Å². The summed E-state index contributed by atoms with van der Waals surface area (Å²) in [6, 6.07) is 26.9. The van der Waals surface area contributed by atoms with Crippen molar-refractivity contribution in [2.75, 3.05) is 30.4 Å². The molecule has 2 amide bonds. The summed E-state index contributed by atoms with van der Waals surface area (Å²) in [5, 5.41) is 8.08. The number of carbonyl (C=O) groups is 2. The number of hydrogen-bond donors (Lipinski definition) is 3. The van der Waals surface area contributed by atoms with E-state index >= 15 is 0 Å². The molecule has 1 aliphatic rings. The average molecular weight is 724 g/mol. The molecule has 0 bridgehead atoms. The second-order valence-electron chi connectivity index (χ2n) is 12.4. The first-order chi connectivity index (χ1) is 24.7. The lowest BCUT2D eigenvalue weighted by Crippen LogP contribution is -2.45. The molecule has 51 heavy (non-hydrogen) atoms. The zero-order valence-electron chi connectivity index (χ0n) is 28.8. The minimum Gasteiger partial charge on any atom is -0.453 e. The molecule has 3 aromatic carbocycles. The van der Waals surface area contributed by atoms with Crippen LogP contribution in [-0.2, 0) is 4.74 Å². The molecule has 1 atom stereocenters. The second-order valence-corrected chi connectivity index (χ2v) is 13.3. The van der Waals surface area contributed by atoms with Crippen molar-refractivity contribution >= 4 is 68.9 Å². The number of allylic oxidation sites excluding steroid dienone is 1. The van der Waals surface area contributed by atoms with Crippen LogP contribution in [-0.4, -0.2) is 53.1 Å². The monoisotopic (exact) mass is 722 g/mol. The summed E-state index contributed by atoms with van der Waals surface area (Å²) >= 11 is 12.8. The maximum atomic E-state index is 14.6. The van der Waals surface area contributed by atoms with Crippen molar-refractivity contribution < 1.29 is 14.3 Å². The van der Waals surface area contributed by atoms with Gasteiger partial charge in [-0.3, -0.25) is 4.79 Å². The van der Waals surface area contributed by atoms with Gasteiger partial charge >= 0.3 is 6.09 Å². The molecule has 1 saturated heterocycles. The zero-order chi connectivity index (χ0) is 36.1. The van der Waals surface area contributed by atoms with Crippen molar-refractivity contribution in [2.24, 2.45) is 0 Å². The number of pyridine rings is 1. The Labute approximate surface area is 307 Å². The van der Waals surface area contributed by atoms with Gasteiger partial charge in [-0.25, -0.2) is 9.78 Å². The Balaban J connectivity index is 1.44. The van der Waals surface area contributed by atoms with E-state index in [0.717, 1.165) is 33.3 Å². The molecule has 9 nitrogen and oxygen atoms in total. The fourth-order valence-electron chi connectivity index (χ4n) is 6.66. The third-order valence-electron chi connectivity index (χ3n) is 9.35. The topological polar surface area (TPSA) is 103 Å². The van der Waals surface area contributed by atoms with Crippen LogP contribution in [0.5, 0.6) is 0 Å². The Bertz CT molecular complexity index is 2070. The van der Waals surface area contributed by atoms with E-state index in [2.05, 4.69) is 63.0 Å². The van der Waals surface area contributed by atoms with Crippen LogP contribution in [0.25, 0.3) is 22.2 Å². The maximum absolute atomic E-state index is 14.6. The smallest absolute Gasteiger partial charge is 0.407 e. The molecule has 0 radical (unpaired) electrons. The molecule has 6 rings (SSSR count). The summed E-state index contributed by atoms with van der Waals surface area (Å²) in [5.41, 5.74) is 6.15. The molecule has 11 heteroatoms. The standard InChI is InChI=1S/C40H40Cl2N6O3/c1-5-48(26(3)28-13-15-29(41)16-14-28)37(25(2)27-10-7-6-8-11-27)35-32-18-17-30(42)24-34(32)45-36(35)39(49)46-33-12-9-21-43-38(33)47-22-19-31(20-23-47)44-40(50)51-4/h5-18,21,24,26,31,45H,1,19-20,22-23H2,2-4H3,(H,44,50)(H,46,49)/b37-25+. The quantitative estimate of drug-likeness (QED) is 0.133. The minimum atomic E-state index is -0.442. The fraction of sp³-hybridized carbons (Fsp3) is 0.225. The molecule has 2 aromatic heterocycles. The van der Waals surface area contributed by atoms with Crippen LogP contribution in [0.4, 0.5) is 16.3 Å². The second kappa shape index (κ2) is 15.7. The first-order valence-electron chi connectivity index (χ1n) is 16.8. The Morgan fingerprint density at radius 2 is 1.73 bits per heavy atom. The predicted octanol–water partition coefficient (Wildman–Crippen LogP) is 9.54. The third-order valence-corrected chi connectivity index (χ3v) is 9.83. The van der Waals surface area contributed by atoms with Gasteiger partial charge in [-0.15, -0.1) is 0 Å². The van der Waals surface area contributed by atoms with Crippen LogP contribution in [0.1, 0.15) is 59.9 Å². The Kier molecular flexibility index (Phi) is 11.0. The number of ether oxygens (including phenoxy) is 1. The van der Waals surface area contributed by atoms with Gasteiger partial charge < -0.3 is 30.2 Å². The number of piperidine rings is 1. The van der Waals surface area contributed by atoms with Crippen molar-refractivity contribution in [1.82, 2.24) is 20.2 Å². The van der Waals surface area contributed by atoms with Crippen molar-refractivity contribution in [1.29, 1.82) is 0 Å². The van der Waals surface area contributed by atoms with Crippen LogP contribution in [0.2, 0.25) is 10.0 Å². The van der Waals surface area contributed by atoms with Gasteiger partial charge in [0.1, 0.15) is 5.69 Å². The molecule has 3 heterocycles. The van der Waals surface area contributed by atoms with E-state index in [1.54, 1.807) is 18.5 Å². The lowest BCUT2D eigenvalue weighted by molar-refractivity contribution is 0.102. The molecule has 1 unspecified atom stereocenters. The number of halogens is 2. The number of rotatable bonds is 10. The van der Waals surface area contributed by atoms with Gasteiger partial charge in [0, 0.05) is 51.8 Å². The molecule has 0 aliphatic carbocycles. The van der Waals surface area contributed by atoms with E-state index < -0.39 is 6.09 Å². The number of aromatic amines is 1. The highest BCUT2D eigenvalue weighted by Crippen LogP contribution is 2.41. The van der Waals surface area contributed by atoms with Gasteiger partial charge in [0.05, 0.1) is 24.5 Å². The molecular weight excluding hydrogens is 683 g/mol. The summed E-state index contributed by atoms with van der Waals surface area (Å²) in [5.74, 6) is 0.318. The molecule has 1 fully saturated rings. The first-order valence-corrected chi connectivity index (χ1v) is 17.5. The number of H-pyrrole nitrogens is 1. The predicted molar refractivity (Wildman–Crippen MR) is 207 cm³/mol. The summed E-state index contributed by atoms with van der Waals surface area (Å²) in [4.78, 5) is 38.7. The average Bonchev–Trinajstić information content (AvgIpc) is 3.52. The number of nitrogens with zero attached hydrogens (tertiary/aromatic N) is 3. The van der Waals surface area contributed by atoms with Gasteiger partial charge in [0.25, 0.3) is 5.91 Å². The number of benzene rings is 3. The van der Waals surface area contributed by atoms with Gasteiger partial charge in [-0.1, -0.05) is 78.3 Å². The third kappa shape index (κ3) is 7.75. The summed E-state index contributed by atoms with van der Waals surface area (Å²) < 4.78 is 4.78. The van der Waals surface area contributed by atoms with E-state index in [1.807, 2.05) is 66.7 Å². The van der Waals surface area contributed by atoms with Gasteiger partial charge in [-0.05, 0) is 86.0 Å². The van der Waals surface area contributed by atoms with E-state index in [0.29, 0.717) is 58.7 Å². The highest BCUT2D eigenvalue weighted by Gasteiger charge is 2.30. The summed E-state index contributed by atoms with van der Waals surface area (Å²) in [6.45, 7) is 9.69. The Morgan fingerprint density at radius 3 is 2.41 bits per heavy atom. The van der Waals surface area contributed by atoms with Crippen LogP contribution in [0.15, 0.2) is 104 Å². The van der Waals surface area contributed by atoms with Crippen LogP contribution in [0, 0.1) is 0 Å². The molecule has 0 spiro atoms. The van der Waals surface area contributed by atoms with Gasteiger partial charge in [0.15, 0.2) is 5.82 Å². The number of aromatic nitrogens is 2. The number of nitrogens with one attached hydrogen (secondary N) is 3. The molecular formula is C40H40Cl2N6O3. The van der Waals surface area contributed by atoms with Crippen molar-refractivity contribution in [2.45, 2.75) is 38.8 Å². The van der Waals surface area contributed by atoms with Crippen LogP contribution in [0.3, 0.4) is 0 Å². The highest BCUT2D eigenvalue weighted by atomic mass is 35.5. The lowest BCUT2D eigenvalue weighted by Gasteiger charge is -2.34. The molecule has 1 aliphatic heterocycles. The number of fused-ring (bicyclic) bond motifs is 1. The first kappa shape index (κ1) is 35.6. The molecule has 3 N–H and O–H groups in total. The molecule has 5 aromatic rings. The summed E-state index contributed by atoms with van der Waals surface area (Å²) in [6.07, 6.45) is 4.49. The number of hydrogen-bond acceptors (Lipinski definition) is 6.